The van der Waals surface area contributed by atoms with Crippen LogP contribution in [-0.4, -0.2) is 37.6 Å². The first kappa shape index (κ1) is 25.2. The van der Waals surface area contributed by atoms with Gasteiger partial charge in [-0.1, -0.05) is 29.8 Å². The highest BCUT2D eigenvalue weighted by Crippen LogP contribution is 2.36. The van der Waals surface area contributed by atoms with Gasteiger partial charge in [-0.3, -0.25) is 9.10 Å². The summed E-state index contributed by atoms with van der Waals surface area (Å²) in [5.74, 6) is -0.785. The molecule has 1 aliphatic heterocycles. The summed E-state index contributed by atoms with van der Waals surface area (Å²) < 4.78 is 66.3. The molecule has 3 N–H and O–H groups in total. The number of alkyl halides is 3. The van der Waals surface area contributed by atoms with Gasteiger partial charge in [0, 0.05) is 19.8 Å². The topological polar surface area (TPSA) is 116 Å². The maximum atomic E-state index is 13.7. The van der Waals surface area contributed by atoms with Crippen LogP contribution < -0.4 is 20.3 Å². The first-order chi connectivity index (χ1) is 16.8. The summed E-state index contributed by atoms with van der Waals surface area (Å²) >= 11 is 0. The molecule has 1 aliphatic rings. The molecule has 0 saturated carbocycles. The Kier molecular flexibility index (Phi) is 6.52. The van der Waals surface area contributed by atoms with Gasteiger partial charge < -0.3 is 16.0 Å². The molecule has 4 rings (SSSR count). The van der Waals surface area contributed by atoms with Gasteiger partial charge in [0.1, 0.15) is 11.4 Å². The molecule has 1 aromatic heterocycles. The van der Waals surface area contributed by atoms with Crippen molar-refractivity contribution >= 4 is 44.8 Å². The van der Waals surface area contributed by atoms with E-state index in [9.17, 15) is 26.4 Å². The number of aromatic nitrogens is 2. The molecule has 3 aromatic rings. The quantitative estimate of drug-likeness (QED) is 0.430. The summed E-state index contributed by atoms with van der Waals surface area (Å²) in [5.41, 5.74) is 2.23. The SMILES string of the molecule is Cc1ccc(N(C)S(C)(=O)=O)c(CNc2nc(Nc3cccc4c3NC(=O)C4)ncc2C(F)(F)F)c1. The number of aryl methyl sites for hydroxylation is 1. The van der Waals surface area contributed by atoms with Crippen molar-refractivity contribution in [3.05, 3.63) is 64.8 Å². The van der Waals surface area contributed by atoms with Crippen molar-refractivity contribution in [2.75, 3.05) is 33.6 Å². The number of carbonyl (C=O) groups excluding carboxylic acids is 1. The van der Waals surface area contributed by atoms with Crippen molar-refractivity contribution in [2.24, 2.45) is 0 Å². The van der Waals surface area contributed by atoms with Crippen LogP contribution in [0.2, 0.25) is 0 Å². The largest absolute Gasteiger partial charge is 0.421 e. The van der Waals surface area contributed by atoms with Gasteiger partial charge >= 0.3 is 6.18 Å². The number of fused-ring (bicyclic) bond motifs is 1. The summed E-state index contributed by atoms with van der Waals surface area (Å²) in [6, 6.07) is 10.1. The number of nitrogens with zero attached hydrogens (tertiary/aromatic N) is 3. The molecule has 36 heavy (non-hydrogen) atoms. The number of carbonyl (C=O) groups is 1. The third kappa shape index (κ3) is 5.35. The minimum Gasteiger partial charge on any atom is -0.365 e. The van der Waals surface area contributed by atoms with Crippen LogP contribution in [0.15, 0.2) is 42.6 Å². The molecular weight excluding hydrogens is 497 g/mol. The Morgan fingerprint density at radius 2 is 1.94 bits per heavy atom. The van der Waals surface area contributed by atoms with Gasteiger partial charge in [-0.05, 0) is 30.2 Å². The fourth-order valence-electron chi connectivity index (χ4n) is 3.78. The van der Waals surface area contributed by atoms with E-state index in [0.29, 0.717) is 28.8 Å². The monoisotopic (exact) mass is 520 g/mol. The van der Waals surface area contributed by atoms with Gasteiger partial charge in [0.05, 0.1) is 29.7 Å². The first-order valence-corrected chi connectivity index (χ1v) is 12.6. The van der Waals surface area contributed by atoms with Gasteiger partial charge in [0.25, 0.3) is 0 Å². The molecule has 0 bridgehead atoms. The third-order valence-corrected chi connectivity index (χ3v) is 6.82. The number of hydrogen-bond acceptors (Lipinski definition) is 7. The maximum absolute atomic E-state index is 13.7. The lowest BCUT2D eigenvalue weighted by Gasteiger charge is -2.22. The average molecular weight is 521 g/mol. The fourth-order valence-corrected chi connectivity index (χ4v) is 4.32. The highest BCUT2D eigenvalue weighted by Gasteiger charge is 2.35. The van der Waals surface area contributed by atoms with Crippen LogP contribution in [0, 0.1) is 6.92 Å². The number of anilines is 5. The van der Waals surface area contributed by atoms with Crippen molar-refractivity contribution < 1.29 is 26.4 Å². The number of amides is 1. The summed E-state index contributed by atoms with van der Waals surface area (Å²) in [4.78, 5) is 19.6. The maximum Gasteiger partial charge on any atom is 0.421 e. The van der Waals surface area contributed by atoms with Crippen LogP contribution >= 0.6 is 0 Å². The number of rotatable bonds is 7. The van der Waals surface area contributed by atoms with Crippen molar-refractivity contribution in [1.82, 2.24) is 9.97 Å². The van der Waals surface area contributed by atoms with Crippen LogP contribution in [0.25, 0.3) is 0 Å². The second kappa shape index (κ2) is 9.30. The smallest absolute Gasteiger partial charge is 0.365 e. The molecule has 2 heterocycles. The molecule has 0 atom stereocenters. The van der Waals surface area contributed by atoms with E-state index in [1.165, 1.54) is 7.05 Å². The molecule has 0 fully saturated rings. The Morgan fingerprint density at radius 1 is 1.19 bits per heavy atom. The van der Waals surface area contributed by atoms with Crippen molar-refractivity contribution in [3.8, 4) is 0 Å². The standard InChI is InChI=1S/C23H23F3N6O3S/c1-13-7-8-18(32(2)36(3,34)35)15(9-13)11-27-21-16(23(24,25)26)12-28-22(31-21)29-17-6-4-5-14-10-19(33)30-20(14)17/h4-9,12H,10-11H2,1-3H3,(H,30,33)(H2,27,28,29,31). The number of halogens is 3. The van der Waals surface area contributed by atoms with E-state index in [1.54, 1.807) is 43.3 Å². The Balaban J connectivity index is 1.66. The molecule has 9 nitrogen and oxygen atoms in total. The number of nitrogens with one attached hydrogen (secondary N) is 3. The summed E-state index contributed by atoms with van der Waals surface area (Å²) in [6.07, 6.45) is -2.83. The number of sulfonamides is 1. The highest BCUT2D eigenvalue weighted by atomic mass is 32.2. The van der Waals surface area contributed by atoms with Gasteiger partial charge in [0.15, 0.2) is 0 Å². The predicted octanol–water partition coefficient (Wildman–Crippen LogP) is 4.05. The Morgan fingerprint density at radius 3 is 2.64 bits per heavy atom. The minimum atomic E-state index is -4.73. The van der Waals surface area contributed by atoms with Crippen LogP contribution in [-0.2, 0) is 34.0 Å². The second-order valence-electron chi connectivity index (χ2n) is 8.36. The number of benzene rings is 2. The van der Waals surface area contributed by atoms with E-state index in [2.05, 4.69) is 25.9 Å². The van der Waals surface area contributed by atoms with E-state index in [-0.39, 0.29) is 24.8 Å². The molecule has 2 aromatic carbocycles. The molecule has 190 valence electrons. The van der Waals surface area contributed by atoms with E-state index < -0.39 is 27.6 Å². The lowest BCUT2D eigenvalue weighted by atomic mass is 10.1. The number of para-hydroxylation sites is 1. The molecule has 1 amide bonds. The molecule has 0 radical (unpaired) electrons. The lowest BCUT2D eigenvalue weighted by Crippen LogP contribution is -2.26. The lowest BCUT2D eigenvalue weighted by molar-refractivity contribution is -0.137. The van der Waals surface area contributed by atoms with Gasteiger partial charge in [0.2, 0.25) is 21.9 Å². The average Bonchev–Trinajstić information content (AvgIpc) is 3.17. The Bertz CT molecular complexity index is 1440. The zero-order valence-electron chi connectivity index (χ0n) is 19.6. The van der Waals surface area contributed by atoms with E-state index in [4.69, 9.17) is 0 Å². The normalized spacial score (nSPS) is 13.2. The summed E-state index contributed by atoms with van der Waals surface area (Å²) in [5, 5.41) is 8.27. The molecule has 0 spiro atoms. The summed E-state index contributed by atoms with van der Waals surface area (Å²) in [7, 11) is -2.23. The molecule has 0 saturated heterocycles. The van der Waals surface area contributed by atoms with Gasteiger partial charge in [-0.25, -0.2) is 13.4 Å². The highest BCUT2D eigenvalue weighted by molar-refractivity contribution is 7.92. The summed E-state index contributed by atoms with van der Waals surface area (Å²) in [6.45, 7) is 1.66. The van der Waals surface area contributed by atoms with Gasteiger partial charge in [-0.2, -0.15) is 18.2 Å². The van der Waals surface area contributed by atoms with Crippen LogP contribution in [0.4, 0.5) is 42.0 Å². The second-order valence-corrected chi connectivity index (χ2v) is 10.4. The van der Waals surface area contributed by atoms with E-state index >= 15 is 0 Å². The third-order valence-electron chi connectivity index (χ3n) is 5.62. The molecule has 13 heteroatoms. The predicted molar refractivity (Wildman–Crippen MR) is 131 cm³/mol. The van der Waals surface area contributed by atoms with E-state index in [0.717, 1.165) is 21.7 Å². The fraction of sp³-hybridized carbons (Fsp3) is 0.261. The van der Waals surface area contributed by atoms with Crippen molar-refractivity contribution in [1.29, 1.82) is 0 Å². The van der Waals surface area contributed by atoms with Crippen LogP contribution in [0.3, 0.4) is 0 Å². The molecular formula is C23H23F3N6O3S. The zero-order valence-corrected chi connectivity index (χ0v) is 20.4. The molecule has 0 aliphatic carbocycles. The zero-order chi connectivity index (χ0) is 26.3. The van der Waals surface area contributed by atoms with Crippen molar-refractivity contribution in [2.45, 2.75) is 26.1 Å². The Labute approximate surface area is 205 Å². The van der Waals surface area contributed by atoms with Gasteiger partial charge in [-0.15, -0.1) is 0 Å². The number of hydrogen-bond donors (Lipinski definition) is 3. The van der Waals surface area contributed by atoms with Crippen molar-refractivity contribution in [3.63, 3.8) is 0 Å². The van der Waals surface area contributed by atoms with Crippen LogP contribution in [0.1, 0.15) is 22.3 Å². The Hall–Kier alpha value is -3.87. The molecule has 0 unspecified atom stereocenters. The first-order valence-electron chi connectivity index (χ1n) is 10.7. The van der Waals surface area contributed by atoms with Crippen LogP contribution in [0.5, 0.6) is 0 Å². The van der Waals surface area contributed by atoms with E-state index in [1.807, 2.05) is 0 Å². The minimum absolute atomic E-state index is 0.113.